The standard InChI is InChI=1S/C10H14N2OS2/c1-7-11-8(5-15-7)10(13)9-6-14-4-3-12(9)2/h5,9H,3-4,6H2,1-2H3. The van der Waals surface area contributed by atoms with E-state index in [9.17, 15) is 4.79 Å². The van der Waals surface area contributed by atoms with Gasteiger partial charge in [0.25, 0.3) is 0 Å². The topological polar surface area (TPSA) is 33.2 Å². The molecule has 1 aromatic rings. The van der Waals surface area contributed by atoms with Gasteiger partial charge in [0.1, 0.15) is 5.69 Å². The van der Waals surface area contributed by atoms with E-state index >= 15 is 0 Å². The molecule has 0 aromatic carbocycles. The van der Waals surface area contributed by atoms with Crippen LogP contribution >= 0.6 is 23.1 Å². The predicted octanol–water partition coefficient (Wildman–Crippen LogP) is 1.68. The lowest BCUT2D eigenvalue weighted by Gasteiger charge is -2.30. The molecule has 1 aromatic heterocycles. The van der Waals surface area contributed by atoms with E-state index in [2.05, 4.69) is 9.88 Å². The zero-order valence-corrected chi connectivity index (χ0v) is 10.5. The van der Waals surface area contributed by atoms with Gasteiger partial charge in [-0.05, 0) is 14.0 Å². The minimum Gasteiger partial charge on any atom is -0.295 e. The molecule has 2 heterocycles. The van der Waals surface area contributed by atoms with Crippen molar-refractivity contribution in [3.05, 3.63) is 16.1 Å². The van der Waals surface area contributed by atoms with Gasteiger partial charge in [0, 0.05) is 23.4 Å². The summed E-state index contributed by atoms with van der Waals surface area (Å²) >= 11 is 3.39. The Hall–Kier alpha value is -0.390. The summed E-state index contributed by atoms with van der Waals surface area (Å²) in [6.07, 6.45) is 0. The number of thiazole rings is 1. The van der Waals surface area contributed by atoms with E-state index in [1.54, 1.807) is 11.3 Å². The number of thioether (sulfide) groups is 1. The number of ketones is 1. The Kier molecular flexibility index (Phi) is 3.43. The number of Topliss-reactive ketones (excluding diaryl/α,β-unsaturated/α-hetero) is 1. The molecule has 2 rings (SSSR count). The van der Waals surface area contributed by atoms with Crippen molar-refractivity contribution in [3.8, 4) is 0 Å². The largest absolute Gasteiger partial charge is 0.295 e. The van der Waals surface area contributed by atoms with E-state index in [0.29, 0.717) is 5.69 Å². The molecule has 0 amide bonds. The van der Waals surface area contributed by atoms with Crippen LogP contribution in [0.5, 0.6) is 0 Å². The lowest BCUT2D eigenvalue weighted by molar-refractivity contribution is 0.0870. The molecule has 1 aliphatic rings. The molecule has 0 spiro atoms. The molecule has 5 heteroatoms. The van der Waals surface area contributed by atoms with Crippen LogP contribution in [0.4, 0.5) is 0 Å². The van der Waals surface area contributed by atoms with Crippen molar-refractivity contribution >= 4 is 28.9 Å². The Bertz CT molecular complexity index is 364. The Morgan fingerprint density at radius 2 is 2.47 bits per heavy atom. The minimum absolute atomic E-state index is 0.0187. The third kappa shape index (κ3) is 2.41. The molecule has 3 nitrogen and oxygen atoms in total. The van der Waals surface area contributed by atoms with Gasteiger partial charge >= 0.3 is 0 Å². The highest BCUT2D eigenvalue weighted by Gasteiger charge is 2.28. The quantitative estimate of drug-likeness (QED) is 0.739. The monoisotopic (exact) mass is 242 g/mol. The first kappa shape index (κ1) is 11.1. The fourth-order valence-corrected chi connectivity index (χ4v) is 3.42. The van der Waals surface area contributed by atoms with Gasteiger partial charge in [-0.1, -0.05) is 0 Å². The first-order valence-corrected chi connectivity index (χ1v) is 6.96. The van der Waals surface area contributed by atoms with Crippen LogP contribution in [0.15, 0.2) is 5.38 Å². The van der Waals surface area contributed by atoms with E-state index in [4.69, 9.17) is 0 Å². The molecule has 0 bridgehead atoms. The van der Waals surface area contributed by atoms with Gasteiger partial charge in [0.2, 0.25) is 0 Å². The first-order chi connectivity index (χ1) is 7.18. The van der Waals surface area contributed by atoms with Crippen molar-refractivity contribution in [3.63, 3.8) is 0 Å². The van der Waals surface area contributed by atoms with Gasteiger partial charge < -0.3 is 0 Å². The molecule has 0 radical (unpaired) electrons. The average Bonchev–Trinajstić information content (AvgIpc) is 2.65. The third-order valence-corrected chi connectivity index (χ3v) is 4.37. The fraction of sp³-hybridized carbons (Fsp3) is 0.600. The molecule has 1 atom stereocenters. The molecule has 1 unspecified atom stereocenters. The lowest BCUT2D eigenvalue weighted by Crippen LogP contribution is -2.44. The van der Waals surface area contributed by atoms with Crippen LogP contribution in [-0.2, 0) is 0 Å². The second kappa shape index (κ2) is 4.63. The summed E-state index contributed by atoms with van der Waals surface area (Å²) in [4.78, 5) is 18.5. The third-order valence-electron chi connectivity index (χ3n) is 2.57. The summed E-state index contributed by atoms with van der Waals surface area (Å²) in [7, 11) is 2.02. The van der Waals surface area contributed by atoms with Crippen molar-refractivity contribution in [2.24, 2.45) is 0 Å². The van der Waals surface area contributed by atoms with Crippen molar-refractivity contribution in [1.82, 2.24) is 9.88 Å². The number of hydrogen-bond donors (Lipinski definition) is 0. The van der Waals surface area contributed by atoms with Gasteiger partial charge in [-0.15, -0.1) is 11.3 Å². The van der Waals surface area contributed by atoms with Gasteiger partial charge in [-0.2, -0.15) is 11.8 Å². The molecule has 1 aliphatic heterocycles. The maximum absolute atomic E-state index is 12.1. The molecule has 1 fully saturated rings. The number of aryl methyl sites for hydroxylation is 1. The normalized spacial score (nSPS) is 22.9. The summed E-state index contributed by atoms with van der Waals surface area (Å²) in [6.45, 7) is 2.92. The zero-order chi connectivity index (χ0) is 10.8. The first-order valence-electron chi connectivity index (χ1n) is 4.93. The number of nitrogens with zero attached hydrogens (tertiary/aromatic N) is 2. The van der Waals surface area contributed by atoms with Crippen LogP contribution in [0.1, 0.15) is 15.5 Å². The van der Waals surface area contributed by atoms with Crippen molar-refractivity contribution in [2.45, 2.75) is 13.0 Å². The molecule has 0 saturated carbocycles. The fourth-order valence-electron chi connectivity index (χ4n) is 1.61. The molecule has 82 valence electrons. The van der Waals surface area contributed by atoms with E-state index < -0.39 is 0 Å². The lowest BCUT2D eigenvalue weighted by atomic mass is 10.1. The molecular formula is C10H14N2OS2. The summed E-state index contributed by atoms with van der Waals surface area (Å²) < 4.78 is 0. The highest BCUT2D eigenvalue weighted by atomic mass is 32.2. The van der Waals surface area contributed by atoms with Gasteiger partial charge in [-0.25, -0.2) is 4.98 Å². The van der Waals surface area contributed by atoms with Crippen LogP contribution in [0.2, 0.25) is 0 Å². The van der Waals surface area contributed by atoms with E-state index in [-0.39, 0.29) is 11.8 Å². The number of aromatic nitrogens is 1. The Labute approximate surface area is 97.9 Å². The minimum atomic E-state index is 0.0187. The van der Waals surface area contributed by atoms with E-state index in [0.717, 1.165) is 23.1 Å². The Morgan fingerprint density at radius 3 is 3.07 bits per heavy atom. The van der Waals surface area contributed by atoms with Crippen molar-refractivity contribution in [1.29, 1.82) is 0 Å². The van der Waals surface area contributed by atoms with Crippen LogP contribution in [0.3, 0.4) is 0 Å². The molecule has 15 heavy (non-hydrogen) atoms. The van der Waals surface area contributed by atoms with Crippen molar-refractivity contribution in [2.75, 3.05) is 25.1 Å². The molecular weight excluding hydrogens is 228 g/mol. The smallest absolute Gasteiger partial charge is 0.199 e. The number of carbonyl (C=O) groups excluding carboxylic acids is 1. The molecule has 0 aliphatic carbocycles. The second-order valence-corrected chi connectivity index (χ2v) is 5.90. The Morgan fingerprint density at radius 1 is 1.67 bits per heavy atom. The average molecular weight is 242 g/mol. The predicted molar refractivity (Wildman–Crippen MR) is 64.9 cm³/mol. The van der Waals surface area contributed by atoms with Crippen LogP contribution in [0.25, 0.3) is 0 Å². The summed E-state index contributed by atoms with van der Waals surface area (Å²) in [5, 5.41) is 2.83. The van der Waals surface area contributed by atoms with Crippen LogP contribution in [0, 0.1) is 6.92 Å². The van der Waals surface area contributed by atoms with Crippen LogP contribution < -0.4 is 0 Å². The van der Waals surface area contributed by atoms with Crippen LogP contribution in [-0.4, -0.2) is 46.8 Å². The van der Waals surface area contributed by atoms with Gasteiger partial charge in [0.05, 0.1) is 11.0 Å². The van der Waals surface area contributed by atoms with E-state index in [1.165, 1.54) is 0 Å². The second-order valence-electron chi connectivity index (χ2n) is 3.69. The molecule has 1 saturated heterocycles. The summed E-state index contributed by atoms with van der Waals surface area (Å²) in [5.74, 6) is 2.19. The number of likely N-dealkylation sites (N-methyl/N-ethyl adjacent to an activating group) is 1. The summed E-state index contributed by atoms with van der Waals surface area (Å²) in [6, 6.07) is 0.0187. The zero-order valence-electron chi connectivity index (χ0n) is 8.90. The maximum Gasteiger partial charge on any atom is 0.199 e. The van der Waals surface area contributed by atoms with Gasteiger partial charge in [-0.3, -0.25) is 9.69 Å². The highest BCUT2D eigenvalue weighted by Crippen LogP contribution is 2.19. The SMILES string of the molecule is Cc1nc(C(=O)C2CSCCN2C)cs1. The number of hydrogen-bond acceptors (Lipinski definition) is 5. The van der Waals surface area contributed by atoms with Crippen molar-refractivity contribution < 1.29 is 4.79 Å². The Balaban J connectivity index is 2.13. The summed E-state index contributed by atoms with van der Waals surface area (Å²) in [5.41, 5.74) is 0.636. The van der Waals surface area contributed by atoms with E-state index in [1.807, 2.05) is 31.1 Å². The van der Waals surface area contributed by atoms with Gasteiger partial charge in [0.15, 0.2) is 5.78 Å². The maximum atomic E-state index is 12.1. The number of carbonyl (C=O) groups is 1. The highest BCUT2D eigenvalue weighted by molar-refractivity contribution is 7.99. The molecule has 0 N–H and O–H groups in total. The number of rotatable bonds is 2.